The van der Waals surface area contributed by atoms with Gasteiger partial charge in [0.25, 0.3) is 0 Å². The van der Waals surface area contributed by atoms with Crippen molar-refractivity contribution in [3.63, 3.8) is 0 Å². The molecule has 1 heterocycles. The van der Waals surface area contributed by atoms with Crippen molar-refractivity contribution in [1.29, 1.82) is 0 Å². The summed E-state index contributed by atoms with van der Waals surface area (Å²) < 4.78 is 5.28. The van der Waals surface area contributed by atoms with Crippen molar-refractivity contribution >= 4 is 5.97 Å². The van der Waals surface area contributed by atoms with Crippen LogP contribution in [0.3, 0.4) is 0 Å². The van der Waals surface area contributed by atoms with Gasteiger partial charge in [0.2, 0.25) is 0 Å². The molecule has 0 amide bonds. The molecule has 88 valence electrons. The monoisotopic (exact) mass is 222 g/mol. The van der Waals surface area contributed by atoms with E-state index >= 15 is 0 Å². The first-order valence-corrected chi connectivity index (χ1v) is 5.93. The molecule has 1 atom stereocenters. The molecule has 2 rings (SSSR count). The number of ether oxygens (including phenoxy) is 1. The van der Waals surface area contributed by atoms with Gasteiger partial charge in [0.05, 0.1) is 13.2 Å². The number of carbonyl (C=O) groups is 1. The zero-order valence-corrected chi connectivity index (χ0v) is 9.45. The first kappa shape index (κ1) is 11.4. The van der Waals surface area contributed by atoms with Gasteiger partial charge in [-0.3, -0.25) is 4.79 Å². The molecule has 2 aliphatic rings. The first-order valence-electron chi connectivity index (χ1n) is 5.93. The maximum atomic E-state index is 10.6. The molecule has 1 N–H and O–H groups in total. The van der Waals surface area contributed by atoms with Crippen LogP contribution >= 0.6 is 0 Å². The molecular weight excluding hydrogens is 204 g/mol. The molecule has 0 fully saturated rings. The summed E-state index contributed by atoms with van der Waals surface area (Å²) in [6.45, 7) is 1.55. The fourth-order valence-corrected chi connectivity index (χ4v) is 2.43. The lowest BCUT2D eigenvalue weighted by atomic mass is 9.84. The fourth-order valence-electron chi connectivity index (χ4n) is 2.43. The van der Waals surface area contributed by atoms with E-state index in [0.717, 1.165) is 38.9 Å². The Labute approximate surface area is 95.8 Å². The summed E-state index contributed by atoms with van der Waals surface area (Å²) in [6.07, 6.45) is 8.67. The quantitative estimate of drug-likeness (QED) is 0.798. The molecule has 0 saturated carbocycles. The molecule has 1 aliphatic heterocycles. The van der Waals surface area contributed by atoms with Crippen molar-refractivity contribution in [1.82, 2.24) is 0 Å². The second kappa shape index (κ2) is 5.30. The molecule has 1 aliphatic carbocycles. The standard InChI is InChI=1S/C13H18O3/c14-13(15)9-10-1-3-11(4-2-10)12-5-7-16-8-6-12/h3,5,10H,1-2,4,6-9H2,(H,14,15). The topological polar surface area (TPSA) is 46.5 Å². The predicted octanol–water partition coefficient (Wildman–Crippen LogP) is 2.53. The number of hydrogen-bond acceptors (Lipinski definition) is 2. The van der Waals surface area contributed by atoms with Gasteiger partial charge in [-0.15, -0.1) is 0 Å². The van der Waals surface area contributed by atoms with Gasteiger partial charge in [-0.25, -0.2) is 0 Å². The van der Waals surface area contributed by atoms with Crippen LogP contribution < -0.4 is 0 Å². The van der Waals surface area contributed by atoms with E-state index in [-0.39, 0.29) is 0 Å². The van der Waals surface area contributed by atoms with E-state index < -0.39 is 5.97 Å². The highest BCUT2D eigenvalue weighted by Gasteiger charge is 2.19. The van der Waals surface area contributed by atoms with E-state index in [0.29, 0.717) is 12.3 Å². The predicted molar refractivity (Wildman–Crippen MR) is 61.2 cm³/mol. The van der Waals surface area contributed by atoms with E-state index in [1.807, 2.05) is 0 Å². The molecule has 16 heavy (non-hydrogen) atoms. The van der Waals surface area contributed by atoms with Gasteiger partial charge in [-0.2, -0.15) is 0 Å². The molecule has 0 aromatic rings. The van der Waals surface area contributed by atoms with Gasteiger partial charge >= 0.3 is 5.97 Å². The minimum atomic E-state index is -0.674. The Bertz CT molecular complexity index is 328. The highest BCUT2D eigenvalue weighted by atomic mass is 16.5. The first-order chi connectivity index (χ1) is 7.75. The van der Waals surface area contributed by atoms with Crippen LogP contribution in [0.1, 0.15) is 32.1 Å². The second-order valence-corrected chi connectivity index (χ2v) is 4.52. The molecule has 0 aromatic carbocycles. The molecule has 1 unspecified atom stereocenters. The van der Waals surface area contributed by atoms with Crippen LogP contribution in [-0.2, 0) is 9.53 Å². The minimum Gasteiger partial charge on any atom is -0.481 e. The molecule has 0 radical (unpaired) electrons. The summed E-state index contributed by atoms with van der Waals surface area (Å²) in [6, 6.07) is 0. The zero-order chi connectivity index (χ0) is 11.4. The Balaban J connectivity index is 1.92. The molecule has 3 nitrogen and oxygen atoms in total. The van der Waals surface area contributed by atoms with Crippen LogP contribution in [0.4, 0.5) is 0 Å². The average molecular weight is 222 g/mol. The smallest absolute Gasteiger partial charge is 0.303 e. The number of rotatable bonds is 3. The molecular formula is C13H18O3. The summed E-state index contributed by atoms with van der Waals surface area (Å²) in [5.74, 6) is -0.339. The zero-order valence-electron chi connectivity index (χ0n) is 9.45. The normalized spacial score (nSPS) is 25.9. The molecule has 0 spiro atoms. The number of carboxylic acids is 1. The van der Waals surface area contributed by atoms with E-state index in [9.17, 15) is 4.79 Å². The number of allylic oxidation sites excluding steroid dienone is 2. The highest BCUT2D eigenvalue weighted by molar-refractivity contribution is 5.67. The highest BCUT2D eigenvalue weighted by Crippen LogP contribution is 2.31. The van der Waals surface area contributed by atoms with Crippen molar-refractivity contribution in [3.05, 3.63) is 23.3 Å². The van der Waals surface area contributed by atoms with E-state index in [2.05, 4.69) is 12.2 Å². The lowest BCUT2D eigenvalue weighted by Crippen LogP contribution is -2.13. The van der Waals surface area contributed by atoms with Crippen LogP contribution in [0.25, 0.3) is 0 Å². The van der Waals surface area contributed by atoms with Crippen LogP contribution in [0.2, 0.25) is 0 Å². The van der Waals surface area contributed by atoms with Crippen molar-refractivity contribution in [2.75, 3.05) is 13.2 Å². The van der Waals surface area contributed by atoms with Gasteiger partial charge in [0.1, 0.15) is 0 Å². The van der Waals surface area contributed by atoms with Gasteiger partial charge in [-0.1, -0.05) is 12.2 Å². The van der Waals surface area contributed by atoms with Crippen LogP contribution in [0, 0.1) is 5.92 Å². The Hall–Kier alpha value is -1.09. The van der Waals surface area contributed by atoms with Crippen molar-refractivity contribution < 1.29 is 14.6 Å². The molecule has 0 saturated heterocycles. The summed E-state index contributed by atoms with van der Waals surface area (Å²) >= 11 is 0. The number of hydrogen-bond donors (Lipinski definition) is 1. The second-order valence-electron chi connectivity index (χ2n) is 4.52. The summed E-state index contributed by atoms with van der Waals surface area (Å²) in [5.41, 5.74) is 2.84. The molecule has 3 heteroatoms. The van der Waals surface area contributed by atoms with Crippen molar-refractivity contribution in [2.24, 2.45) is 5.92 Å². The lowest BCUT2D eigenvalue weighted by Gasteiger charge is -2.23. The SMILES string of the molecule is O=C(O)CC1CC=C(C2=CCOCC2)CC1. The van der Waals surface area contributed by atoms with Crippen LogP contribution in [-0.4, -0.2) is 24.3 Å². The van der Waals surface area contributed by atoms with E-state index in [1.54, 1.807) is 0 Å². The molecule has 0 bridgehead atoms. The van der Waals surface area contributed by atoms with Gasteiger partial charge in [-0.05, 0) is 42.7 Å². The maximum Gasteiger partial charge on any atom is 0.303 e. The Morgan fingerprint density at radius 1 is 1.38 bits per heavy atom. The van der Waals surface area contributed by atoms with E-state index in [4.69, 9.17) is 9.84 Å². The van der Waals surface area contributed by atoms with Crippen molar-refractivity contribution in [3.8, 4) is 0 Å². The maximum absolute atomic E-state index is 10.6. The largest absolute Gasteiger partial charge is 0.481 e. The van der Waals surface area contributed by atoms with Crippen LogP contribution in [0.15, 0.2) is 23.3 Å². The van der Waals surface area contributed by atoms with Gasteiger partial charge in [0.15, 0.2) is 0 Å². The van der Waals surface area contributed by atoms with Crippen LogP contribution in [0.5, 0.6) is 0 Å². The van der Waals surface area contributed by atoms with Gasteiger partial charge < -0.3 is 9.84 Å². The van der Waals surface area contributed by atoms with Gasteiger partial charge in [0, 0.05) is 6.42 Å². The third-order valence-corrected chi connectivity index (χ3v) is 3.36. The number of carboxylic acid groups (broad SMARTS) is 1. The summed E-state index contributed by atoms with van der Waals surface area (Å²) in [4.78, 5) is 10.6. The van der Waals surface area contributed by atoms with E-state index in [1.165, 1.54) is 11.1 Å². The van der Waals surface area contributed by atoms with Crippen molar-refractivity contribution in [2.45, 2.75) is 32.1 Å². The summed E-state index contributed by atoms with van der Waals surface area (Å²) in [5, 5.41) is 8.73. The number of aliphatic carboxylic acids is 1. The third-order valence-electron chi connectivity index (χ3n) is 3.36. The minimum absolute atomic E-state index is 0.311. The molecule has 0 aromatic heterocycles. The average Bonchev–Trinajstić information content (AvgIpc) is 2.30. The Kier molecular flexibility index (Phi) is 3.78. The summed E-state index contributed by atoms with van der Waals surface area (Å²) in [7, 11) is 0. The Morgan fingerprint density at radius 3 is 2.75 bits per heavy atom. The lowest BCUT2D eigenvalue weighted by molar-refractivity contribution is -0.138. The Morgan fingerprint density at radius 2 is 2.19 bits per heavy atom. The fraction of sp³-hybridized carbons (Fsp3) is 0.615. The third kappa shape index (κ3) is 2.95.